The molecule has 0 aliphatic heterocycles. The number of carbonyl (C=O) groups excluding carboxylic acids is 1. The van der Waals surface area contributed by atoms with Crippen LogP contribution in [0.3, 0.4) is 0 Å². The standard InChI is InChI=1S/C23H18N4O5S2/c1-31-18-8-6-17(7-9-18)27-34(29,30)19-10-11-21-20(12-19)26-23(32-21)33-14-22(28)25-16-4-2-15(13-24)3-5-16/h2-12,27H,14H2,1H3,(H,25,28). The van der Waals surface area contributed by atoms with Crippen molar-refractivity contribution in [2.45, 2.75) is 10.1 Å². The van der Waals surface area contributed by atoms with Crippen LogP contribution in [-0.4, -0.2) is 32.2 Å². The molecule has 0 spiro atoms. The van der Waals surface area contributed by atoms with Crippen LogP contribution in [0.4, 0.5) is 11.4 Å². The Kier molecular flexibility index (Phi) is 6.72. The number of methoxy groups -OCH3 is 1. The Morgan fingerprint density at radius 2 is 1.79 bits per heavy atom. The molecule has 0 aliphatic rings. The van der Waals surface area contributed by atoms with Crippen molar-refractivity contribution >= 4 is 50.2 Å². The molecule has 0 bridgehead atoms. The fraction of sp³-hybridized carbons (Fsp3) is 0.0870. The molecule has 0 radical (unpaired) electrons. The minimum Gasteiger partial charge on any atom is -0.497 e. The molecule has 0 saturated carbocycles. The zero-order valence-electron chi connectivity index (χ0n) is 17.8. The predicted molar refractivity (Wildman–Crippen MR) is 128 cm³/mol. The molecule has 0 saturated heterocycles. The molecule has 0 aliphatic carbocycles. The summed E-state index contributed by atoms with van der Waals surface area (Å²) in [5.74, 6) is 0.378. The van der Waals surface area contributed by atoms with Crippen LogP contribution in [0.2, 0.25) is 0 Å². The van der Waals surface area contributed by atoms with Gasteiger partial charge in [-0.05, 0) is 66.7 Å². The molecule has 9 nitrogen and oxygen atoms in total. The molecule has 172 valence electrons. The Labute approximate surface area is 199 Å². The van der Waals surface area contributed by atoms with Crippen molar-refractivity contribution in [3.63, 3.8) is 0 Å². The van der Waals surface area contributed by atoms with E-state index in [-0.39, 0.29) is 21.8 Å². The third-order valence-corrected chi connectivity index (χ3v) is 6.82. The van der Waals surface area contributed by atoms with E-state index in [9.17, 15) is 13.2 Å². The van der Waals surface area contributed by atoms with Crippen molar-refractivity contribution in [1.29, 1.82) is 5.26 Å². The summed E-state index contributed by atoms with van der Waals surface area (Å²) in [4.78, 5) is 16.5. The number of aromatic nitrogens is 1. The number of nitrogens with one attached hydrogen (secondary N) is 2. The normalized spacial score (nSPS) is 11.1. The molecule has 0 fully saturated rings. The summed E-state index contributed by atoms with van der Waals surface area (Å²) in [5, 5.41) is 11.8. The molecule has 1 aromatic heterocycles. The molecule has 0 atom stereocenters. The molecule has 4 aromatic rings. The maximum Gasteiger partial charge on any atom is 0.261 e. The molecule has 4 rings (SSSR count). The van der Waals surface area contributed by atoms with E-state index in [2.05, 4.69) is 15.0 Å². The monoisotopic (exact) mass is 494 g/mol. The Hall–Kier alpha value is -4.01. The summed E-state index contributed by atoms with van der Waals surface area (Å²) in [5.41, 5.74) is 2.22. The molecule has 2 N–H and O–H groups in total. The van der Waals surface area contributed by atoms with E-state index < -0.39 is 10.0 Å². The zero-order chi connectivity index (χ0) is 24.1. The number of thioether (sulfide) groups is 1. The number of nitriles is 1. The van der Waals surface area contributed by atoms with Gasteiger partial charge < -0.3 is 14.5 Å². The van der Waals surface area contributed by atoms with Gasteiger partial charge in [0, 0.05) is 11.4 Å². The van der Waals surface area contributed by atoms with Crippen molar-refractivity contribution in [3.05, 3.63) is 72.3 Å². The van der Waals surface area contributed by atoms with Gasteiger partial charge in [-0.2, -0.15) is 5.26 Å². The number of fused-ring (bicyclic) bond motifs is 1. The van der Waals surface area contributed by atoms with E-state index in [1.54, 1.807) is 48.5 Å². The molecule has 0 unspecified atom stereocenters. The number of ether oxygens (including phenoxy) is 1. The number of carbonyl (C=O) groups is 1. The molecule has 1 heterocycles. The number of sulfonamides is 1. The highest BCUT2D eigenvalue weighted by Crippen LogP contribution is 2.27. The largest absolute Gasteiger partial charge is 0.497 e. The average Bonchev–Trinajstić information content (AvgIpc) is 3.26. The van der Waals surface area contributed by atoms with Crippen LogP contribution >= 0.6 is 11.8 Å². The van der Waals surface area contributed by atoms with Crippen molar-refractivity contribution in [2.24, 2.45) is 0 Å². The number of rotatable bonds is 8. The van der Waals surface area contributed by atoms with Crippen molar-refractivity contribution in [1.82, 2.24) is 4.98 Å². The lowest BCUT2D eigenvalue weighted by Crippen LogP contribution is -2.13. The van der Waals surface area contributed by atoms with Gasteiger partial charge in [0.1, 0.15) is 11.3 Å². The number of hydrogen-bond acceptors (Lipinski definition) is 8. The molecule has 11 heteroatoms. The third-order valence-electron chi connectivity index (χ3n) is 4.62. The van der Waals surface area contributed by atoms with E-state index in [4.69, 9.17) is 14.4 Å². The van der Waals surface area contributed by atoms with E-state index in [1.807, 2.05) is 6.07 Å². The second kappa shape index (κ2) is 9.86. The quantitative estimate of drug-likeness (QED) is 0.347. The van der Waals surface area contributed by atoms with Gasteiger partial charge >= 0.3 is 0 Å². The first kappa shape index (κ1) is 23.2. The summed E-state index contributed by atoms with van der Waals surface area (Å²) in [6, 6.07) is 19.4. The summed E-state index contributed by atoms with van der Waals surface area (Å²) >= 11 is 1.08. The van der Waals surface area contributed by atoms with Crippen LogP contribution in [-0.2, 0) is 14.8 Å². The van der Waals surface area contributed by atoms with Gasteiger partial charge in [-0.1, -0.05) is 11.8 Å². The van der Waals surface area contributed by atoms with Crippen LogP contribution in [0.25, 0.3) is 11.1 Å². The van der Waals surface area contributed by atoms with Crippen LogP contribution in [0.5, 0.6) is 5.75 Å². The Morgan fingerprint density at radius 1 is 1.09 bits per heavy atom. The van der Waals surface area contributed by atoms with Gasteiger partial charge in [-0.25, -0.2) is 13.4 Å². The minimum atomic E-state index is -3.84. The van der Waals surface area contributed by atoms with Gasteiger partial charge in [0.25, 0.3) is 15.2 Å². The number of oxazole rings is 1. The number of hydrogen-bond donors (Lipinski definition) is 2. The second-order valence-electron chi connectivity index (χ2n) is 6.97. The Bertz CT molecular complexity index is 1470. The van der Waals surface area contributed by atoms with Crippen molar-refractivity contribution in [2.75, 3.05) is 22.9 Å². The first-order valence-electron chi connectivity index (χ1n) is 9.86. The highest BCUT2D eigenvalue weighted by atomic mass is 32.2. The minimum absolute atomic E-state index is 0.0271. The van der Waals surface area contributed by atoms with E-state index in [0.29, 0.717) is 33.8 Å². The van der Waals surface area contributed by atoms with Gasteiger partial charge in [0.05, 0.1) is 29.4 Å². The van der Waals surface area contributed by atoms with E-state index >= 15 is 0 Å². The molecular weight excluding hydrogens is 476 g/mol. The lowest BCUT2D eigenvalue weighted by Gasteiger charge is -2.08. The number of nitrogens with zero attached hydrogens (tertiary/aromatic N) is 2. The Morgan fingerprint density at radius 3 is 2.47 bits per heavy atom. The maximum absolute atomic E-state index is 12.8. The van der Waals surface area contributed by atoms with Gasteiger partial charge in [0.15, 0.2) is 5.58 Å². The number of amides is 1. The van der Waals surface area contributed by atoms with Crippen LogP contribution in [0.15, 0.2) is 81.3 Å². The first-order valence-corrected chi connectivity index (χ1v) is 12.3. The van der Waals surface area contributed by atoms with Gasteiger partial charge in [-0.15, -0.1) is 0 Å². The summed E-state index contributed by atoms with van der Waals surface area (Å²) < 4.78 is 38.7. The fourth-order valence-electron chi connectivity index (χ4n) is 2.94. The van der Waals surface area contributed by atoms with Crippen LogP contribution in [0, 0.1) is 11.3 Å². The lowest BCUT2D eigenvalue weighted by molar-refractivity contribution is -0.113. The van der Waals surface area contributed by atoms with Gasteiger partial charge in [-0.3, -0.25) is 9.52 Å². The summed E-state index contributed by atoms with van der Waals surface area (Å²) in [6.07, 6.45) is 0. The Balaban J connectivity index is 1.41. The number of anilines is 2. The summed E-state index contributed by atoms with van der Waals surface area (Å²) in [7, 11) is -2.32. The third kappa shape index (κ3) is 5.48. The molecule has 3 aromatic carbocycles. The smallest absolute Gasteiger partial charge is 0.261 e. The predicted octanol–water partition coefficient (Wildman–Crippen LogP) is 4.24. The van der Waals surface area contributed by atoms with Gasteiger partial charge in [0.2, 0.25) is 5.91 Å². The fourth-order valence-corrected chi connectivity index (χ4v) is 4.66. The van der Waals surface area contributed by atoms with Crippen molar-refractivity contribution in [3.8, 4) is 11.8 Å². The highest BCUT2D eigenvalue weighted by molar-refractivity contribution is 7.99. The van der Waals surface area contributed by atoms with E-state index in [0.717, 1.165) is 11.8 Å². The topological polar surface area (TPSA) is 134 Å². The number of benzene rings is 3. The molecule has 34 heavy (non-hydrogen) atoms. The second-order valence-corrected chi connectivity index (χ2v) is 9.58. The first-order chi connectivity index (χ1) is 16.4. The van der Waals surface area contributed by atoms with Crippen LogP contribution in [0.1, 0.15) is 5.56 Å². The molecular formula is C23H18N4O5S2. The average molecular weight is 495 g/mol. The zero-order valence-corrected chi connectivity index (χ0v) is 19.4. The van der Waals surface area contributed by atoms with Crippen LogP contribution < -0.4 is 14.8 Å². The van der Waals surface area contributed by atoms with Crippen molar-refractivity contribution < 1.29 is 22.4 Å². The summed E-state index contributed by atoms with van der Waals surface area (Å²) in [6.45, 7) is 0. The SMILES string of the molecule is COc1ccc(NS(=O)(=O)c2ccc3oc(SCC(=O)Nc4ccc(C#N)cc4)nc3c2)cc1. The molecule has 1 amide bonds. The maximum atomic E-state index is 12.8. The van der Waals surface area contributed by atoms with E-state index in [1.165, 1.54) is 25.3 Å². The highest BCUT2D eigenvalue weighted by Gasteiger charge is 2.17. The lowest BCUT2D eigenvalue weighted by atomic mass is 10.2.